The van der Waals surface area contributed by atoms with Crippen molar-refractivity contribution in [1.82, 2.24) is 10.5 Å². The molecule has 1 aromatic heterocycles. The molecule has 3 aromatic rings. The molecule has 0 fully saturated rings. The summed E-state index contributed by atoms with van der Waals surface area (Å²) in [6, 6.07) is 13.4. The van der Waals surface area contributed by atoms with E-state index in [9.17, 15) is 4.79 Å². The molecule has 0 saturated heterocycles. The molecular formula is C24H26N2O5. The first-order valence-electron chi connectivity index (χ1n) is 10.4. The molecule has 0 unspecified atom stereocenters. The average Bonchev–Trinajstić information content (AvgIpc) is 3.10. The van der Waals surface area contributed by atoms with Crippen molar-refractivity contribution in [3.05, 3.63) is 70.6 Å². The lowest BCUT2D eigenvalue weighted by Crippen LogP contribution is -2.27. The maximum absolute atomic E-state index is 12.3. The zero-order valence-corrected chi connectivity index (χ0v) is 17.8. The first-order chi connectivity index (χ1) is 15.1. The van der Waals surface area contributed by atoms with Crippen LogP contribution >= 0.6 is 0 Å². The molecule has 0 aliphatic carbocycles. The predicted molar refractivity (Wildman–Crippen MR) is 115 cm³/mol. The Balaban J connectivity index is 1.21. The smallest absolute Gasteiger partial charge is 0.224 e. The third kappa shape index (κ3) is 5.36. The molecule has 0 atom stereocenters. The minimum Gasteiger partial charge on any atom is -0.489 e. The van der Waals surface area contributed by atoms with Gasteiger partial charge in [0.1, 0.15) is 31.3 Å². The fraction of sp³-hybridized carbons (Fsp3) is 0.333. The van der Waals surface area contributed by atoms with Crippen LogP contribution in [-0.2, 0) is 24.2 Å². The van der Waals surface area contributed by atoms with E-state index in [0.717, 1.165) is 51.8 Å². The van der Waals surface area contributed by atoms with E-state index in [1.807, 2.05) is 56.3 Å². The lowest BCUT2D eigenvalue weighted by molar-refractivity contribution is -0.120. The molecular weight excluding hydrogens is 396 g/mol. The first kappa shape index (κ1) is 20.8. The lowest BCUT2D eigenvalue weighted by Gasteiger charge is -2.18. The molecule has 0 saturated carbocycles. The zero-order chi connectivity index (χ0) is 21.6. The number of carbonyl (C=O) groups is 1. The summed E-state index contributed by atoms with van der Waals surface area (Å²) in [5.74, 6) is 3.04. The number of carbonyl (C=O) groups excluding carboxylic acids is 1. The average molecular weight is 422 g/mol. The Bertz CT molecular complexity index is 1020. The summed E-state index contributed by atoms with van der Waals surface area (Å²) in [5, 5.41) is 6.90. The number of nitrogens with zero attached hydrogens (tertiary/aromatic N) is 1. The summed E-state index contributed by atoms with van der Waals surface area (Å²) >= 11 is 0. The van der Waals surface area contributed by atoms with Crippen LogP contribution < -0.4 is 19.5 Å². The molecule has 2 heterocycles. The normalized spacial score (nSPS) is 12.5. The van der Waals surface area contributed by atoms with Crippen molar-refractivity contribution in [2.75, 3.05) is 19.8 Å². The van der Waals surface area contributed by atoms with Gasteiger partial charge in [0.25, 0.3) is 0 Å². The van der Waals surface area contributed by atoms with Crippen LogP contribution in [0.25, 0.3) is 0 Å². The molecule has 1 aliphatic heterocycles. The van der Waals surface area contributed by atoms with E-state index in [0.29, 0.717) is 32.8 Å². The second kappa shape index (κ2) is 9.55. The zero-order valence-electron chi connectivity index (χ0n) is 17.8. The van der Waals surface area contributed by atoms with E-state index >= 15 is 0 Å². The molecule has 1 N–H and O–H groups in total. The number of amides is 1. The number of rotatable bonds is 8. The predicted octanol–water partition coefficient (Wildman–Crippen LogP) is 3.54. The maximum Gasteiger partial charge on any atom is 0.224 e. The molecule has 162 valence electrons. The molecule has 0 spiro atoms. The van der Waals surface area contributed by atoms with Crippen LogP contribution in [0.5, 0.6) is 17.2 Å². The van der Waals surface area contributed by atoms with Gasteiger partial charge in [-0.3, -0.25) is 4.79 Å². The number of nitrogens with one attached hydrogen (secondary N) is 1. The van der Waals surface area contributed by atoms with Gasteiger partial charge in [0.15, 0.2) is 11.5 Å². The first-order valence-corrected chi connectivity index (χ1v) is 10.4. The van der Waals surface area contributed by atoms with Gasteiger partial charge in [0.05, 0.1) is 17.7 Å². The highest BCUT2D eigenvalue weighted by Crippen LogP contribution is 2.30. The Morgan fingerprint density at radius 1 is 1.03 bits per heavy atom. The molecule has 31 heavy (non-hydrogen) atoms. The SMILES string of the molecule is Cc1noc(C)c1COc1ccc(CC(=O)NCCc2ccc3c(c2)OCCO3)cc1. The Labute approximate surface area is 181 Å². The minimum atomic E-state index is -0.0121. The quantitative estimate of drug-likeness (QED) is 0.598. The highest BCUT2D eigenvalue weighted by atomic mass is 16.6. The molecule has 0 radical (unpaired) electrons. The number of hydrogen-bond acceptors (Lipinski definition) is 6. The summed E-state index contributed by atoms with van der Waals surface area (Å²) in [5.41, 5.74) is 3.83. The highest BCUT2D eigenvalue weighted by molar-refractivity contribution is 5.78. The van der Waals surface area contributed by atoms with Gasteiger partial charge in [-0.2, -0.15) is 0 Å². The molecule has 1 aliphatic rings. The second-order valence-corrected chi connectivity index (χ2v) is 7.49. The van der Waals surface area contributed by atoms with Crippen LogP contribution in [0.15, 0.2) is 47.0 Å². The van der Waals surface area contributed by atoms with Gasteiger partial charge in [0.2, 0.25) is 5.91 Å². The number of aromatic nitrogens is 1. The van der Waals surface area contributed by atoms with Gasteiger partial charge in [0, 0.05) is 6.54 Å². The monoisotopic (exact) mass is 422 g/mol. The summed E-state index contributed by atoms with van der Waals surface area (Å²) < 4.78 is 22.1. The van der Waals surface area contributed by atoms with Crippen molar-refractivity contribution in [1.29, 1.82) is 0 Å². The Morgan fingerprint density at radius 2 is 1.77 bits per heavy atom. The third-order valence-corrected chi connectivity index (χ3v) is 5.19. The Hall–Kier alpha value is -3.48. The minimum absolute atomic E-state index is 0.0121. The summed E-state index contributed by atoms with van der Waals surface area (Å²) in [7, 11) is 0. The summed E-state index contributed by atoms with van der Waals surface area (Å²) in [6.07, 6.45) is 1.06. The van der Waals surface area contributed by atoms with Crippen LogP contribution in [0.3, 0.4) is 0 Å². The van der Waals surface area contributed by atoms with Gasteiger partial charge in [-0.15, -0.1) is 0 Å². The van der Waals surface area contributed by atoms with E-state index in [-0.39, 0.29) is 5.91 Å². The van der Waals surface area contributed by atoms with E-state index in [1.165, 1.54) is 0 Å². The number of benzene rings is 2. The molecule has 4 rings (SSSR count). The number of ether oxygens (including phenoxy) is 3. The lowest BCUT2D eigenvalue weighted by atomic mass is 10.1. The van der Waals surface area contributed by atoms with Crippen LogP contribution in [0.2, 0.25) is 0 Å². The molecule has 2 aromatic carbocycles. The van der Waals surface area contributed by atoms with Crippen molar-refractivity contribution < 1.29 is 23.5 Å². The van der Waals surface area contributed by atoms with Gasteiger partial charge in [-0.1, -0.05) is 23.4 Å². The largest absolute Gasteiger partial charge is 0.489 e. The second-order valence-electron chi connectivity index (χ2n) is 7.49. The van der Waals surface area contributed by atoms with Gasteiger partial charge < -0.3 is 24.1 Å². The van der Waals surface area contributed by atoms with Crippen LogP contribution in [-0.4, -0.2) is 30.8 Å². The van der Waals surface area contributed by atoms with Gasteiger partial charge in [-0.05, 0) is 55.7 Å². The third-order valence-electron chi connectivity index (χ3n) is 5.19. The van der Waals surface area contributed by atoms with Crippen molar-refractivity contribution in [2.24, 2.45) is 0 Å². The number of fused-ring (bicyclic) bond motifs is 1. The molecule has 7 heteroatoms. The van der Waals surface area contributed by atoms with Crippen molar-refractivity contribution in [2.45, 2.75) is 33.3 Å². The fourth-order valence-electron chi connectivity index (χ4n) is 3.40. The van der Waals surface area contributed by atoms with Gasteiger partial charge in [-0.25, -0.2) is 0 Å². The highest BCUT2D eigenvalue weighted by Gasteiger charge is 2.12. The van der Waals surface area contributed by atoms with Crippen molar-refractivity contribution >= 4 is 5.91 Å². The van der Waals surface area contributed by atoms with Crippen molar-refractivity contribution in [3.63, 3.8) is 0 Å². The Morgan fingerprint density at radius 3 is 2.52 bits per heavy atom. The van der Waals surface area contributed by atoms with Crippen LogP contribution in [0, 0.1) is 13.8 Å². The maximum atomic E-state index is 12.3. The van der Waals surface area contributed by atoms with E-state index in [1.54, 1.807) is 0 Å². The number of aryl methyl sites for hydroxylation is 2. The molecule has 1 amide bonds. The molecule has 0 bridgehead atoms. The Kier molecular flexibility index (Phi) is 6.40. The van der Waals surface area contributed by atoms with E-state index in [4.69, 9.17) is 18.7 Å². The van der Waals surface area contributed by atoms with Crippen LogP contribution in [0.1, 0.15) is 28.1 Å². The van der Waals surface area contributed by atoms with E-state index < -0.39 is 0 Å². The summed E-state index contributed by atoms with van der Waals surface area (Å²) in [4.78, 5) is 12.3. The fourth-order valence-corrected chi connectivity index (χ4v) is 3.40. The van der Waals surface area contributed by atoms with E-state index in [2.05, 4.69) is 10.5 Å². The van der Waals surface area contributed by atoms with Gasteiger partial charge >= 0.3 is 0 Å². The summed E-state index contributed by atoms with van der Waals surface area (Å²) in [6.45, 7) is 5.88. The van der Waals surface area contributed by atoms with Crippen molar-refractivity contribution in [3.8, 4) is 17.2 Å². The molecule has 7 nitrogen and oxygen atoms in total. The topological polar surface area (TPSA) is 82.8 Å². The standard InChI is InChI=1S/C24H26N2O5/c1-16-21(17(2)31-26-16)15-30-20-6-3-18(4-7-20)14-24(27)25-10-9-19-5-8-22-23(13-19)29-12-11-28-22/h3-8,13H,9-12,14-15H2,1-2H3,(H,25,27). The van der Waals surface area contributed by atoms with Crippen LogP contribution in [0.4, 0.5) is 0 Å². The number of hydrogen-bond donors (Lipinski definition) is 1.